The maximum absolute atomic E-state index is 12.8. The fraction of sp³-hybridized carbons (Fsp3) is 0.308. The maximum atomic E-state index is 12.8. The summed E-state index contributed by atoms with van der Waals surface area (Å²) in [6, 6.07) is 1.94. The molecule has 1 aromatic rings. The van der Waals surface area contributed by atoms with Gasteiger partial charge in [0.15, 0.2) is 0 Å². The van der Waals surface area contributed by atoms with Crippen molar-refractivity contribution in [2.24, 2.45) is 0 Å². The van der Waals surface area contributed by atoms with Crippen LogP contribution in [-0.4, -0.2) is 76.7 Å². The largest absolute Gasteiger partial charge is 0.498 e. The normalized spacial score (nSPS) is 9.55. The highest BCUT2D eigenvalue weighted by molar-refractivity contribution is 6.10. The third kappa shape index (κ3) is 10.8. The predicted octanol–water partition coefficient (Wildman–Crippen LogP) is 2.40. The van der Waals surface area contributed by atoms with Crippen molar-refractivity contribution in [2.45, 2.75) is 0 Å². The molecule has 0 aromatic heterocycles. The van der Waals surface area contributed by atoms with Crippen LogP contribution in [0.3, 0.4) is 0 Å². The van der Waals surface area contributed by atoms with E-state index >= 15 is 0 Å². The number of hydrogen-bond acceptors (Lipinski definition) is 12. The van der Waals surface area contributed by atoms with Gasteiger partial charge in [-0.2, -0.15) is 0 Å². The Morgan fingerprint density at radius 3 is 1.13 bits per heavy atom. The topological polar surface area (TPSA) is 142 Å². The van der Waals surface area contributed by atoms with Crippen molar-refractivity contribution in [2.75, 3.05) is 52.9 Å². The fourth-order valence-electron chi connectivity index (χ4n) is 2.62. The van der Waals surface area contributed by atoms with Gasteiger partial charge in [-0.1, -0.05) is 26.2 Å². The first-order valence-corrected chi connectivity index (χ1v) is 11.0. The second kappa shape index (κ2) is 18.4. The highest BCUT2D eigenvalue weighted by Crippen LogP contribution is 2.22. The summed E-state index contributed by atoms with van der Waals surface area (Å²) in [5.74, 6) is -4.04. The van der Waals surface area contributed by atoms with E-state index in [2.05, 4.69) is 24.5 Å². The summed E-state index contributed by atoms with van der Waals surface area (Å²) in [7, 11) is 0. The first kappa shape index (κ1) is 31.1. The van der Waals surface area contributed by atoms with Gasteiger partial charge >= 0.3 is 23.9 Å². The predicted molar refractivity (Wildman–Crippen MR) is 131 cm³/mol. The van der Waals surface area contributed by atoms with E-state index in [1.54, 1.807) is 0 Å². The number of esters is 4. The molecule has 0 saturated carbocycles. The number of hydrogen-bond donors (Lipinski definition) is 0. The summed E-state index contributed by atoms with van der Waals surface area (Å²) < 4.78 is 39.8. The number of benzene rings is 1. The van der Waals surface area contributed by atoms with Gasteiger partial charge in [0.25, 0.3) is 0 Å². The van der Waals surface area contributed by atoms with Gasteiger partial charge in [-0.15, -0.1) is 0 Å². The molecule has 0 radical (unpaired) electrons. The van der Waals surface area contributed by atoms with Crippen LogP contribution in [0.4, 0.5) is 0 Å². The average Bonchev–Trinajstić information content (AvgIpc) is 2.92. The van der Waals surface area contributed by atoms with E-state index in [1.165, 1.54) is 0 Å². The Hall–Kier alpha value is -4.92. The van der Waals surface area contributed by atoms with Gasteiger partial charge in [0, 0.05) is 0 Å². The summed E-state index contributed by atoms with van der Waals surface area (Å²) >= 11 is 0. The zero-order valence-electron chi connectivity index (χ0n) is 20.6. The van der Waals surface area contributed by atoms with Crippen molar-refractivity contribution in [3.05, 3.63) is 72.9 Å². The molecule has 204 valence electrons. The molecular formula is C26H28O12. The SMILES string of the molecule is C#COCCOC(=O)c1cc(C(=O)OCCOC=C)c(C(=O)OCCOC=C)cc1C(=O)OCCOC=C. The van der Waals surface area contributed by atoms with Crippen LogP contribution in [0.25, 0.3) is 0 Å². The molecule has 12 nitrogen and oxygen atoms in total. The van der Waals surface area contributed by atoms with Gasteiger partial charge < -0.3 is 37.9 Å². The van der Waals surface area contributed by atoms with Crippen LogP contribution in [0.2, 0.25) is 0 Å². The van der Waals surface area contributed by atoms with Crippen LogP contribution >= 0.6 is 0 Å². The Bertz CT molecular complexity index is 1040. The lowest BCUT2D eigenvalue weighted by atomic mass is 9.98. The van der Waals surface area contributed by atoms with Crippen LogP contribution in [0.5, 0.6) is 0 Å². The first-order valence-electron chi connectivity index (χ1n) is 11.0. The van der Waals surface area contributed by atoms with E-state index in [4.69, 9.17) is 39.6 Å². The summed E-state index contributed by atoms with van der Waals surface area (Å²) in [5.41, 5.74) is -1.52. The maximum Gasteiger partial charge on any atom is 0.339 e. The van der Waals surface area contributed by atoms with Gasteiger partial charge in [-0.25, -0.2) is 19.2 Å². The number of terminal acetylenes is 1. The van der Waals surface area contributed by atoms with E-state index in [-0.39, 0.29) is 75.1 Å². The minimum absolute atomic E-state index is 0.0176. The van der Waals surface area contributed by atoms with E-state index in [9.17, 15) is 19.2 Å². The summed E-state index contributed by atoms with van der Waals surface area (Å²) in [6.45, 7) is 9.04. The zero-order chi connectivity index (χ0) is 28.2. The van der Waals surface area contributed by atoms with Gasteiger partial charge in [-0.05, 0) is 12.1 Å². The average molecular weight is 532 g/mol. The number of ether oxygens (including phenoxy) is 8. The summed E-state index contributed by atoms with van der Waals surface area (Å²) in [4.78, 5) is 51.3. The monoisotopic (exact) mass is 532 g/mol. The van der Waals surface area contributed by atoms with Crippen molar-refractivity contribution >= 4 is 23.9 Å². The Morgan fingerprint density at radius 1 is 0.579 bits per heavy atom. The smallest absolute Gasteiger partial charge is 0.339 e. The van der Waals surface area contributed by atoms with E-state index in [0.29, 0.717) is 0 Å². The van der Waals surface area contributed by atoms with Crippen LogP contribution in [0, 0.1) is 12.5 Å². The molecule has 0 unspecified atom stereocenters. The van der Waals surface area contributed by atoms with Crippen molar-refractivity contribution in [3.63, 3.8) is 0 Å². The first-order chi connectivity index (χ1) is 18.4. The second-order valence-corrected chi connectivity index (χ2v) is 6.57. The molecular weight excluding hydrogens is 504 g/mol. The molecule has 0 spiro atoms. The van der Waals surface area contributed by atoms with E-state index in [0.717, 1.165) is 30.9 Å². The molecule has 0 heterocycles. The van der Waals surface area contributed by atoms with E-state index in [1.807, 2.05) is 6.11 Å². The van der Waals surface area contributed by atoms with Crippen LogP contribution in [-0.2, 0) is 37.9 Å². The molecule has 0 aliphatic carbocycles. The molecule has 0 amide bonds. The van der Waals surface area contributed by atoms with Crippen molar-refractivity contribution in [1.29, 1.82) is 0 Å². The Kier molecular flexibility index (Phi) is 15.0. The quantitative estimate of drug-likeness (QED) is 0.0849. The lowest BCUT2D eigenvalue weighted by Gasteiger charge is -2.15. The number of rotatable bonds is 19. The molecule has 0 saturated heterocycles. The molecule has 0 N–H and O–H groups in total. The van der Waals surface area contributed by atoms with Crippen LogP contribution < -0.4 is 0 Å². The molecule has 0 atom stereocenters. The zero-order valence-corrected chi connectivity index (χ0v) is 20.6. The molecule has 12 heteroatoms. The second-order valence-electron chi connectivity index (χ2n) is 6.57. The standard InChI is InChI=1S/C26H28O12/c1-5-31-9-13-35-23(27)19-17-21(25(29)37-15-11-33-7-3)22(26(30)38-16-12-34-8-4)18-20(19)24(28)36-14-10-32-6-2/h1,6-8,17-18H,2-4,9-16H2. The molecule has 1 aromatic carbocycles. The Morgan fingerprint density at radius 2 is 0.868 bits per heavy atom. The minimum Gasteiger partial charge on any atom is -0.498 e. The highest BCUT2D eigenvalue weighted by Gasteiger charge is 2.29. The van der Waals surface area contributed by atoms with Crippen LogP contribution in [0.1, 0.15) is 41.4 Å². The summed E-state index contributed by atoms with van der Waals surface area (Å²) in [5, 5.41) is 0. The Balaban J connectivity index is 3.43. The third-order valence-electron chi connectivity index (χ3n) is 4.20. The molecule has 0 fully saturated rings. The van der Waals surface area contributed by atoms with Gasteiger partial charge in [-0.3, -0.25) is 0 Å². The van der Waals surface area contributed by atoms with Gasteiger partial charge in [0.05, 0.1) is 41.0 Å². The fourth-order valence-corrected chi connectivity index (χ4v) is 2.62. The molecule has 0 aliphatic rings. The van der Waals surface area contributed by atoms with Crippen molar-refractivity contribution < 1.29 is 57.1 Å². The molecule has 38 heavy (non-hydrogen) atoms. The van der Waals surface area contributed by atoms with E-state index < -0.39 is 23.9 Å². The molecule has 0 bridgehead atoms. The van der Waals surface area contributed by atoms with Gasteiger partial charge in [0.2, 0.25) is 0 Å². The summed E-state index contributed by atoms with van der Waals surface area (Å²) in [6.07, 6.45) is 10.4. The molecule has 0 aliphatic heterocycles. The van der Waals surface area contributed by atoms with Crippen molar-refractivity contribution in [3.8, 4) is 12.5 Å². The Labute approximate surface area is 219 Å². The highest BCUT2D eigenvalue weighted by atomic mass is 16.6. The number of carbonyl (C=O) groups excluding carboxylic acids is 4. The van der Waals surface area contributed by atoms with Gasteiger partial charge in [0.1, 0.15) is 59.0 Å². The molecule has 1 rings (SSSR count). The lowest BCUT2D eigenvalue weighted by molar-refractivity contribution is 0.0364. The lowest BCUT2D eigenvalue weighted by Crippen LogP contribution is -2.22. The van der Waals surface area contributed by atoms with Crippen molar-refractivity contribution in [1.82, 2.24) is 0 Å². The number of carbonyl (C=O) groups is 4. The minimum atomic E-state index is -1.02. The van der Waals surface area contributed by atoms with Crippen LogP contribution in [0.15, 0.2) is 50.7 Å². The third-order valence-corrected chi connectivity index (χ3v) is 4.20.